The fraction of sp³-hybridized carbons (Fsp3) is 0.917. The van der Waals surface area contributed by atoms with E-state index in [1.54, 1.807) is 12.0 Å². The molecule has 3 unspecified atom stereocenters. The van der Waals surface area contributed by atoms with Gasteiger partial charge in [0.1, 0.15) is 0 Å². The molecule has 0 aliphatic carbocycles. The molecule has 1 amide bonds. The van der Waals surface area contributed by atoms with Gasteiger partial charge in [-0.1, -0.05) is 0 Å². The van der Waals surface area contributed by atoms with Crippen LogP contribution in [-0.2, 0) is 19.4 Å². The second-order valence-electron chi connectivity index (χ2n) is 5.24. The minimum Gasteiger partial charge on any atom is -0.380 e. The van der Waals surface area contributed by atoms with Gasteiger partial charge in [0.2, 0.25) is 5.91 Å². The molecule has 110 valence electrons. The van der Waals surface area contributed by atoms with Crippen LogP contribution in [0.4, 0.5) is 0 Å². The van der Waals surface area contributed by atoms with Crippen LogP contribution in [0.1, 0.15) is 19.8 Å². The zero-order chi connectivity index (χ0) is 14.0. The molecule has 1 N–H and O–H groups in total. The number of amides is 1. The molecular weight excluding hydrogens is 268 g/mol. The monoisotopic (exact) mass is 290 g/mol. The Balaban J connectivity index is 2.00. The summed E-state index contributed by atoms with van der Waals surface area (Å²) >= 11 is 0. The Kier molecular flexibility index (Phi) is 4.47. The molecule has 7 heteroatoms. The first kappa shape index (κ1) is 14.7. The van der Waals surface area contributed by atoms with Gasteiger partial charge in [0.15, 0.2) is 9.84 Å². The van der Waals surface area contributed by atoms with Crippen LogP contribution in [0, 0.1) is 0 Å². The average Bonchev–Trinajstić information content (AvgIpc) is 2.96. The van der Waals surface area contributed by atoms with Gasteiger partial charge in [0.25, 0.3) is 0 Å². The van der Waals surface area contributed by atoms with Crippen LogP contribution in [0.5, 0.6) is 0 Å². The Morgan fingerprint density at radius 2 is 2.21 bits per heavy atom. The van der Waals surface area contributed by atoms with Gasteiger partial charge in [-0.15, -0.1) is 0 Å². The van der Waals surface area contributed by atoms with Gasteiger partial charge in [-0.05, 0) is 19.8 Å². The van der Waals surface area contributed by atoms with Gasteiger partial charge in [-0.3, -0.25) is 4.79 Å². The number of carbonyl (C=O) groups is 1. The molecule has 2 fully saturated rings. The zero-order valence-electron chi connectivity index (χ0n) is 11.5. The summed E-state index contributed by atoms with van der Waals surface area (Å²) in [5.74, 6) is 0.303. The van der Waals surface area contributed by atoms with E-state index in [1.165, 1.54) is 0 Å². The molecule has 3 atom stereocenters. The highest BCUT2D eigenvalue weighted by molar-refractivity contribution is 7.91. The van der Waals surface area contributed by atoms with Crippen molar-refractivity contribution in [3.05, 3.63) is 0 Å². The Labute approximate surface area is 114 Å². The molecular formula is C12H22N2O4S. The first-order valence-electron chi connectivity index (χ1n) is 6.74. The smallest absolute Gasteiger partial charge is 0.240 e. The third kappa shape index (κ3) is 3.27. The first-order valence-corrected chi connectivity index (χ1v) is 8.56. The Hall–Kier alpha value is -0.660. The van der Waals surface area contributed by atoms with E-state index in [0.717, 1.165) is 0 Å². The lowest BCUT2D eigenvalue weighted by molar-refractivity contribution is -0.134. The van der Waals surface area contributed by atoms with Crippen LogP contribution in [-0.4, -0.2) is 69.1 Å². The highest BCUT2D eigenvalue weighted by Crippen LogP contribution is 2.20. The molecule has 0 saturated carbocycles. The topological polar surface area (TPSA) is 75.7 Å². The number of ether oxygens (including phenoxy) is 1. The van der Waals surface area contributed by atoms with Crippen LogP contribution in [0.15, 0.2) is 0 Å². The summed E-state index contributed by atoms with van der Waals surface area (Å²) in [6.45, 7) is 3.12. The number of hydrogen-bond acceptors (Lipinski definition) is 5. The molecule has 2 saturated heterocycles. The number of sulfone groups is 1. The maximum absolute atomic E-state index is 12.4. The predicted octanol–water partition coefficient (Wildman–Crippen LogP) is -0.601. The third-order valence-corrected chi connectivity index (χ3v) is 5.75. The summed E-state index contributed by atoms with van der Waals surface area (Å²) in [6.07, 6.45) is 1.29. The number of rotatable bonds is 4. The van der Waals surface area contributed by atoms with E-state index in [0.29, 0.717) is 25.9 Å². The minimum absolute atomic E-state index is 0.00384. The predicted molar refractivity (Wildman–Crippen MR) is 71.7 cm³/mol. The highest BCUT2D eigenvalue weighted by Gasteiger charge is 2.38. The fourth-order valence-electron chi connectivity index (χ4n) is 2.89. The van der Waals surface area contributed by atoms with Gasteiger partial charge in [-0.25, -0.2) is 8.42 Å². The molecule has 0 aromatic heterocycles. The normalized spacial score (nSPS) is 33.5. The minimum atomic E-state index is -2.96. The van der Waals surface area contributed by atoms with Crippen LogP contribution in [0.25, 0.3) is 0 Å². The standard InChI is InChI=1S/C12H22N2O4S/c1-3-14(9-4-5-19(16,17)8-9)12(15)11-6-10(18-2)7-13-11/h9-11,13H,3-8H2,1-2H3. The van der Waals surface area contributed by atoms with Crippen molar-refractivity contribution in [1.82, 2.24) is 10.2 Å². The van der Waals surface area contributed by atoms with Crippen molar-refractivity contribution in [2.75, 3.05) is 31.7 Å². The van der Waals surface area contributed by atoms with E-state index in [1.807, 2.05) is 6.92 Å². The largest absolute Gasteiger partial charge is 0.380 e. The van der Waals surface area contributed by atoms with Crippen molar-refractivity contribution in [1.29, 1.82) is 0 Å². The van der Waals surface area contributed by atoms with Gasteiger partial charge >= 0.3 is 0 Å². The van der Waals surface area contributed by atoms with Crippen molar-refractivity contribution in [2.45, 2.75) is 38.0 Å². The van der Waals surface area contributed by atoms with E-state index < -0.39 is 9.84 Å². The number of hydrogen-bond donors (Lipinski definition) is 1. The molecule has 2 rings (SSSR count). The van der Waals surface area contributed by atoms with Gasteiger partial charge in [-0.2, -0.15) is 0 Å². The quantitative estimate of drug-likeness (QED) is 0.748. The lowest BCUT2D eigenvalue weighted by Crippen LogP contribution is -2.48. The molecule has 0 radical (unpaired) electrons. The van der Waals surface area contributed by atoms with E-state index >= 15 is 0 Å². The van der Waals surface area contributed by atoms with E-state index in [4.69, 9.17) is 4.74 Å². The third-order valence-electron chi connectivity index (χ3n) is 3.99. The Morgan fingerprint density at radius 3 is 2.68 bits per heavy atom. The summed E-state index contributed by atoms with van der Waals surface area (Å²) in [7, 11) is -1.32. The molecule has 0 aromatic rings. The molecule has 0 spiro atoms. The number of nitrogens with zero attached hydrogens (tertiary/aromatic N) is 1. The summed E-state index contributed by atoms with van der Waals surface area (Å²) < 4.78 is 28.3. The van der Waals surface area contributed by atoms with Crippen molar-refractivity contribution in [3.8, 4) is 0 Å². The maximum atomic E-state index is 12.4. The van der Waals surface area contributed by atoms with Crippen LogP contribution < -0.4 is 5.32 Å². The molecule has 2 heterocycles. The van der Waals surface area contributed by atoms with Gasteiger partial charge in [0.05, 0.1) is 23.7 Å². The van der Waals surface area contributed by atoms with Gasteiger partial charge < -0.3 is 15.0 Å². The molecule has 19 heavy (non-hydrogen) atoms. The fourth-order valence-corrected chi connectivity index (χ4v) is 4.62. The van der Waals surface area contributed by atoms with Crippen molar-refractivity contribution in [2.24, 2.45) is 0 Å². The van der Waals surface area contributed by atoms with Crippen LogP contribution in [0.3, 0.4) is 0 Å². The second-order valence-corrected chi connectivity index (χ2v) is 7.46. The van der Waals surface area contributed by atoms with Crippen LogP contribution >= 0.6 is 0 Å². The average molecular weight is 290 g/mol. The number of nitrogens with one attached hydrogen (secondary N) is 1. The van der Waals surface area contributed by atoms with Crippen molar-refractivity contribution >= 4 is 15.7 Å². The molecule has 0 aromatic carbocycles. The van der Waals surface area contributed by atoms with E-state index in [9.17, 15) is 13.2 Å². The zero-order valence-corrected chi connectivity index (χ0v) is 12.3. The summed E-state index contributed by atoms with van der Waals surface area (Å²) in [5, 5.41) is 3.15. The summed E-state index contributed by atoms with van der Waals surface area (Å²) in [6, 6.07) is -0.404. The number of carbonyl (C=O) groups excluding carboxylic acids is 1. The lowest BCUT2D eigenvalue weighted by atomic mass is 10.1. The molecule has 6 nitrogen and oxygen atoms in total. The van der Waals surface area contributed by atoms with Crippen molar-refractivity contribution in [3.63, 3.8) is 0 Å². The molecule has 2 aliphatic rings. The lowest BCUT2D eigenvalue weighted by Gasteiger charge is -2.29. The summed E-state index contributed by atoms with van der Waals surface area (Å²) in [5.41, 5.74) is 0. The second kappa shape index (κ2) is 5.76. The van der Waals surface area contributed by atoms with E-state index in [-0.39, 0.29) is 35.6 Å². The van der Waals surface area contributed by atoms with Crippen molar-refractivity contribution < 1.29 is 17.9 Å². The summed E-state index contributed by atoms with van der Waals surface area (Å²) in [4.78, 5) is 14.2. The SMILES string of the molecule is CCN(C(=O)C1CC(OC)CN1)C1CCS(=O)(=O)C1. The Morgan fingerprint density at radius 1 is 1.47 bits per heavy atom. The molecule has 0 bridgehead atoms. The molecule has 2 aliphatic heterocycles. The van der Waals surface area contributed by atoms with Crippen LogP contribution in [0.2, 0.25) is 0 Å². The number of methoxy groups -OCH3 is 1. The maximum Gasteiger partial charge on any atom is 0.240 e. The van der Waals surface area contributed by atoms with E-state index in [2.05, 4.69) is 5.32 Å². The van der Waals surface area contributed by atoms with Gasteiger partial charge in [0, 0.05) is 26.2 Å². The number of likely N-dealkylation sites (N-methyl/N-ethyl adjacent to an activating group) is 1. The first-order chi connectivity index (χ1) is 8.96. The Bertz CT molecular complexity index is 437. The highest BCUT2D eigenvalue weighted by atomic mass is 32.2.